The molecular weight excluding hydrogens is 1220 g/mol. The molecule has 0 saturated carbocycles. The largest absolute Gasteiger partial charge is 0.472 e. The Balaban J connectivity index is 5.10. The fourth-order valence-corrected chi connectivity index (χ4v) is 12.9. The lowest BCUT2D eigenvalue weighted by Crippen LogP contribution is -2.30. The Bertz CT molecular complexity index is 1790. The van der Waals surface area contributed by atoms with Crippen molar-refractivity contribution in [3.63, 3.8) is 0 Å². The topological polar surface area (TPSA) is 237 Å². The van der Waals surface area contributed by atoms with Gasteiger partial charge < -0.3 is 33.8 Å². The van der Waals surface area contributed by atoms with Gasteiger partial charge in [-0.05, 0) is 31.6 Å². The van der Waals surface area contributed by atoms with Crippen LogP contribution in [0.3, 0.4) is 0 Å². The predicted octanol–water partition coefficient (Wildman–Crippen LogP) is 21.7. The van der Waals surface area contributed by atoms with Crippen LogP contribution in [-0.2, 0) is 65.4 Å². The second-order valence-corrected chi connectivity index (χ2v) is 30.1. The van der Waals surface area contributed by atoms with E-state index in [1.807, 2.05) is 0 Å². The molecular formula is C74H144O17P2. The molecule has 93 heavy (non-hydrogen) atoms. The number of unbranched alkanes of at least 4 members (excludes halogenated alkanes) is 46. The summed E-state index contributed by atoms with van der Waals surface area (Å²) in [4.78, 5) is 72.4. The van der Waals surface area contributed by atoms with Crippen molar-refractivity contribution >= 4 is 39.5 Å². The van der Waals surface area contributed by atoms with Crippen LogP contribution < -0.4 is 0 Å². The van der Waals surface area contributed by atoms with Crippen LogP contribution in [0.2, 0.25) is 0 Å². The summed E-state index contributed by atoms with van der Waals surface area (Å²) in [5.41, 5.74) is 0. The Labute approximate surface area is 568 Å². The Kier molecular flexibility index (Phi) is 65.9. The van der Waals surface area contributed by atoms with Crippen LogP contribution in [0.25, 0.3) is 0 Å². The van der Waals surface area contributed by atoms with Gasteiger partial charge in [-0.1, -0.05) is 336 Å². The minimum absolute atomic E-state index is 0.106. The summed E-state index contributed by atoms with van der Waals surface area (Å²) in [7, 11) is -9.89. The van der Waals surface area contributed by atoms with E-state index in [1.54, 1.807) is 0 Å². The van der Waals surface area contributed by atoms with Crippen LogP contribution in [0, 0.1) is 5.92 Å². The maximum absolute atomic E-state index is 13.1. The van der Waals surface area contributed by atoms with Crippen molar-refractivity contribution in [1.29, 1.82) is 0 Å². The van der Waals surface area contributed by atoms with Gasteiger partial charge in [0.15, 0.2) is 12.2 Å². The summed E-state index contributed by atoms with van der Waals surface area (Å²) in [5, 5.41) is 10.6. The number of phosphoric acid groups is 2. The van der Waals surface area contributed by atoms with Crippen molar-refractivity contribution in [2.75, 3.05) is 39.6 Å². The van der Waals surface area contributed by atoms with E-state index in [4.69, 9.17) is 37.0 Å². The van der Waals surface area contributed by atoms with Gasteiger partial charge in [-0.2, -0.15) is 0 Å². The Morgan fingerprint density at radius 1 is 0.290 bits per heavy atom. The molecule has 19 heteroatoms. The quantitative estimate of drug-likeness (QED) is 0.0222. The zero-order chi connectivity index (χ0) is 68.4. The molecule has 0 aromatic rings. The van der Waals surface area contributed by atoms with Crippen LogP contribution in [0.4, 0.5) is 0 Å². The fraction of sp³-hybridized carbons (Fsp3) is 0.946. The number of carbonyl (C=O) groups excluding carboxylic acids is 4. The van der Waals surface area contributed by atoms with Crippen molar-refractivity contribution in [1.82, 2.24) is 0 Å². The Morgan fingerprint density at radius 3 is 0.731 bits per heavy atom. The zero-order valence-electron chi connectivity index (χ0n) is 60.4. The van der Waals surface area contributed by atoms with Gasteiger partial charge in [-0.25, -0.2) is 9.13 Å². The van der Waals surface area contributed by atoms with E-state index in [0.29, 0.717) is 25.7 Å². The van der Waals surface area contributed by atoms with E-state index in [-0.39, 0.29) is 25.7 Å². The molecule has 17 nitrogen and oxygen atoms in total. The van der Waals surface area contributed by atoms with Crippen molar-refractivity contribution in [3.05, 3.63) is 0 Å². The molecule has 0 spiro atoms. The first-order chi connectivity index (χ1) is 45.0. The smallest absolute Gasteiger partial charge is 0.462 e. The van der Waals surface area contributed by atoms with Gasteiger partial charge in [0.1, 0.15) is 19.3 Å². The second-order valence-electron chi connectivity index (χ2n) is 27.2. The third-order valence-electron chi connectivity index (χ3n) is 17.3. The first-order valence-corrected chi connectivity index (χ1v) is 41.6. The number of aliphatic hydroxyl groups excluding tert-OH is 1. The standard InChI is InChI=1S/C74H144O17P2/c1-6-9-12-15-17-19-21-22-23-24-25-26-27-28-29-30-31-37-41-45-50-55-60-74(79)91-70(64-85-72(77)58-53-48-43-39-36-33-32-35-38-42-47-51-56-67(4)5)66-89-93(82,83)87-62-68(75)61-86-92(80,81)88-65-69(63-84-71(76)57-52-46-14-11-8-3)90-73(78)59-54-49-44-40-34-20-18-16-13-10-7-2/h67-70,75H,6-66H2,1-5H3,(H,80,81)(H,82,83)/t68-,69+,70+/m0/s1. The van der Waals surface area contributed by atoms with E-state index < -0.39 is 97.5 Å². The third-order valence-corrected chi connectivity index (χ3v) is 19.2. The number of hydrogen-bond acceptors (Lipinski definition) is 15. The average molecular weight is 1370 g/mol. The van der Waals surface area contributed by atoms with E-state index in [9.17, 15) is 43.2 Å². The van der Waals surface area contributed by atoms with Crippen LogP contribution in [0.15, 0.2) is 0 Å². The molecule has 0 aromatic heterocycles. The molecule has 0 rings (SSSR count). The van der Waals surface area contributed by atoms with Crippen LogP contribution >= 0.6 is 15.6 Å². The lowest BCUT2D eigenvalue weighted by Gasteiger charge is -2.21. The summed E-state index contributed by atoms with van der Waals surface area (Å²) in [6, 6.07) is 0. The second kappa shape index (κ2) is 67.3. The summed E-state index contributed by atoms with van der Waals surface area (Å²) in [5.74, 6) is -1.35. The molecule has 3 N–H and O–H groups in total. The van der Waals surface area contributed by atoms with Gasteiger partial charge in [0, 0.05) is 25.7 Å². The van der Waals surface area contributed by atoms with Gasteiger partial charge in [0.05, 0.1) is 26.4 Å². The minimum atomic E-state index is -4.95. The molecule has 5 atom stereocenters. The van der Waals surface area contributed by atoms with Crippen molar-refractivity contribution < 1.29 is 80.2 Å². The monoisotopic (exact) mass is 1370 g/mol. The molecule has 0 bridgehead atoms. The van der Waals surface area contributed by atoms with Gasteiger partial charge in [-0.3, -0.25) is 37.3 Å². The molecule has 0 amide bonds. The molecule has 0 heterocycles. The van der Waals surface area contributed by atoms with E-state index in [0.717, 1.165) is 102 Å². The molecule has 0 aliphatic heterocycles. The number of esters is 4. The summed E-state index contributed by atoms with van der Waals surface area (Å²) < 4.78 is 68.2. The average Bonchev–Trinajstić information content (AvgIpc) is 2.06. The van der Waals surface area contributed by atoms with Gasteiger partial charge in [0.2, 0.25) is 0 Å². The minimum Gasteiger partial charge on any atom is -0.462 e. The highest BCUT2D eigenvalue weighted by atomic mass is 31.2. The normalized spacial score (nSPS) is 14.0. The molecule has 0 saturated heterocycles. The van der Waals surface area contributed by atoms with Crippen molar-refractivity contribution in [3.8, 4) is 0 Å². The number of ether oxygens (including phenoxy) is 4. The molecule has 0 aromatic carbocycles. The number of rotatable bonds is 74. The van der Waals surface area contributed by atoms with Crippen LogP contribution in [-0.4, -0.2) is 96.7 Å². The zero-order valence-corrected chi connectivity index (χ0v) is 62.2. The van der Waals surface area contributed by atoms with E-state index in [2.05, 4.69) is 34.6 Å². The SMILES string of the molecule is CCCCCCCCCCCCCCCCCCCCCCCCC(=O)O[C@H](COC(=O)CCCCCCCCCCCCCCC(C)C)COP(=O)(O)OC[C@@H](O)COP(=O)(O)OC[C@@H](COC(=O)CCCCCCC)OC(=O)CCCCCCCCCCCCC. The first-order valence-electron chi connectivity index (χ1n) is 38.6. The molecule has 0 radical (unpaired) electrons. The number of aliphatic hydroxyl groups is 1. The number of carbonyl (C=O) groups is 4. The lowest BCUT2D eigenvalue weighted by atomic mass is 10.0. The van der Waals surface area contributed by atoms with E-state index >= 15 is 0 Å². The maximum Gasteiger partial charge on any atom is 0.472 e. The highest BCUT2D eigenvalue weighted by Gasteiger charge is 2.30. The number of hydrogen-bond donors (Lipinski definition) is 3. The molecule has 0 aliphatic carbocycles. The fourth-order valence-electron chi connectivity index (χ4n) is 11.4. The van der Waals surface area contributed by atoms with Gasteiger partial charge in [0.25, 0.3) is 0 Å². The Morgan fingerprint density at radius 2 is 0.495 bits per heavy atom. The molecule has 2 unspecified atom stereocenters. The molecule has 552 valence electrons. The first kappa shape index (κ1) is 91.1. The van der Waals surface area contributed by atoms with Crippen molar-refractivity contribution in [2.45, 2.75) is 406 Å². The maximum atomic E-state index is 13.1. The molecule has 0 fully saturated rings. The lowest BCUT2D eigenvalue weighted by molar-refractivity contribution is -0.161. The van der Waals surface area contributed by atoms with Gasteiger partial charge in [-0.15, -0.1) is 0 Å². The van der Waals surface area contributed by atoms with Gasteiger partial charge >= 0.3 is 39.5 Å². The van der Waals surface area contributed by atoms with Crippen LogP contribution in [0.1, 0.15) is 388 Å². The summed E-state index contributed by atoms with van der Waals surface area (Å²) >= 11 is 0. The highest BCUT2D eigenvalue weighted by Crippen LogP contribution is 2.45. The highest BCUT2D eigenvalue weighted by molar-refractivity contribution is 7.47. The summed E-state index contributed by atoms with van der Waals surface area (Å²) in [6.45, 7) is 7.19. The third kappa shape index (κ3) is 68.4. The molecule has 0 aliphatic rings. The van der Waals surface area contributed by atoms with E-state index in [1.165, 1.54) is 205 Å². The number of phosphoric ester groups is 2. The predicted molar refractivity (Wildman–Crippen MR) is 377 cm³/mol. The van der Waals surface area contributed by atoms with Crippen LogP contribution in [0.5, 0.6) is 0 Å². The van der Waals surface area contributed by atoms with Crippen molar-refractivity contribution in [2.24, 2.45) is 5.92 Å². The summed E-state index contributed by atoms with van der Waals surface area (Å²) in [6.07, 6.45) is 56.0. The Hall–Kier alpha value is -1.94.